The number of nitrogens with two attached hydrogens (primary N) is 1. The molecule has 110 valence electrons. The first-order chi connectivity index (χ1) is 9.63. The number of nitrogen functional groups attached to an aromatic ring is 1. The fourth-order valence-corrected chi connectivity index (χ4v) is 2.51. The molecule has 2 rings (SSSR count). The summed E-state index contributed by atoms with van der Waals surface area (Å²) >= 11 is 0. The second-order valence-electron chi connectivity index (χ2n) is 5.16. The van der Waals surface area contributed by atoms with Crippen molar-refractivity contribution >= 4 is 11.7 Å². The molecule has 2 unspecified atom stereocenters. The fraction of sp³-hybridized carbons (Fsp3) is 0.571. The monoisotopic (exact) mass is 278 g/mol. The Labute approximate surface area is 118 Å². The van der Waals surface area contributed by atoms with Gasteiger partial charge in [-0.25, -0.2) is 10.8 Å². The highest BCUT2D eigenvalue weighted by atomic mass is 16.3. The Balaban J connectivity index is 2.11. The molecule has 0 spiro atoms. The van der Waals surface area contributed by atoms with Crippen LogP contribution < -0.4 is 16.6 Å². The van der Waals surface area contributed by atoms with Crippen LogP contribution in [-0.4, -0.2) is 28.1 Å². The van der Waals surface area contributed by atoms with Crippen LogP contribution in [0.2, 0.25) is 0 Å². The number of pyridine rings is 1. The van der Waals surface area contributed by atoms with E-state index in [2.05, 4.69) is 15.7 Å². The smallest absolute Gasteiger partial charge is 0.251 e. The van der Waals surface area contributed by atoms with Crippen LogP contribution in [0, 0.1) is 0 Å². The third-order valence-electron chi connectivity index (χ3n) is 3.70. The van der Waals surface area contributed by atoms with E-state index in [9.17, 15) is 9.90 Å². The third-order valence-corrected chi connectivity index (χ3v) is 3.70. The van der Waals surface area contributed by atoms with Crippen molar-refractivity contribution in [1.29, 1.82) is 0 Å². The van der Waals surface area contributed by atoms with Crippen LogP contribution >= 0.6 is 0 Å². The normalized spacial score (nSPS) is 22.4. The lowest BCUT2D eigenvalue weighted by Crippen LogP contribution is -2.45. The number of carbonyl (C=O) groups is 1. The lowest BCUT2D eigenvalue weighted by atomic mass is 9.92. The number of amides is 1. The average Bonchev–Trinajstić information content (AvgIpc) is 2.48. The van der Waals surface area contributed by atoms with Crippen LogP contribution in [0.4, 0.5) is 5.82 Å². The van der Waals surface area contributed by atoms with E-state index in [1.54, 1.807) is 12.1 Å². The molecule has 1 amide bonds. The van der Waals surface area contributed by atoms with Crippen molar-refractivity contribution in [2.45, 2.75) is 51.2 Å². The van der Waals surface area contributed by atoms with Crippen molar-refractivity contribution in [1.82, 2.24) is 10.3 Å². The van der Waals surface area contributed by atoms with Crippen LogP contribution in [-0.2, 0) is 6.42 Å². The maximum absolute atomic E-state index is 12.3. The second kappa shape index (κ2) is 6.67. The number of hydrogen-bond donors (Lipinski definition) is 4. The summed E-state index contributed by atoms with van der Waals surface area (Å²) in [6.45, 7) is 1.97. The summed E-state index contributed by atoms with van der Waals surface area (Å²) in [6.07, 6.45) is 3.89. The Morgan fingerprint density at radius 1 is 1.45 bits per heavy atom. The summed E-state index contributed by atoms with van der Waals surface area (Å²) in [6, 6.07) is 3.21. The summed E-state index contributed by atoms with van der Waals surface area (Å²) in [5.41, 5.74) is 3.79. The van der Waals surface area contributed by atoms with Gasteiger partial charge in [0.1, 0.15) is 5.82 Å². The minimum atomic E-state index is -0.452. The summed E-state index contributed by atoms with van der Waals surface area (Å²) in [5.74, 6) is 5.65. The highest BCUT2D eigenvalue weighted by molar-refractivity contribution is 5.95. The average molecular weight is 278 g/mol. The van der Waals surface area contributed by atoms with Gasteiger partial charge in [0.25, 0.3) is 5.91 Å². The molecule has 5 N–H and O–H groups in total. The topological polar surface area (TPSA) is 100 Å². The second-order valence-corrected chi connectivity index (χ2v) is 5.16. The molecule has 1 aromatic heterocycles. The third kappa shape index (κ3) is 3.46. The molecule has 20 heavy (non-hydrogen) atoms. The van der Waals surface area contributed by atoms with Gasteiger partial charge in [0, 0.05) is 11.3 Å². The number of aryl methyl sites for hydroxylation is 1. The molecule has 0 aromatic carbocycles. The lowest BCUT2D eigenvalue weighted by Gasteiger charge is -2.28. The number of hydrogen-bond acceptors (Lipinski definition) is 5. The molecule has 1 aliphatic rings. The number of rotatable bonds is 4. The van der Waals surface area contributed by atoms with E-state index < -0.39 is 6.10 Å². The van der Waals surface area contributed by atoms with Gasteiger partial charge in [0.2, 0.25) is 0 Å². The van der Waals surface area contributed by atoms with E-state index in [-0.39, 0.29) is 11.9 Å². The van der Waals surface area contributed by atoms with Gasteiger partial charge in [-0.15, -0.1) is 0 Å². The maximum Gasteiger partial charge on any atom is 0.251 e. The van der Waals surface area contributed by atoms with Gasteiger partial charge in [0.05, 0.1) is 12.1 Å². The van der Waals surface area contributed by atoms with Gasteiger partial charge in [0.15, 0.2) is 0 Å². The molecule has 0 saturated heterocycles. The van der Waals surface area contributed by atoms with Crippen LogP contribution in [0.3, 0.4) is 0 Å². The molecule has 6 heteroatoms. The van der Waals surface area contributed by atoms with Crippen molar-refractivity contribution in [3.63, 3.8) is 0 Å². The predicted octanol–water partition coefficient (Wildman–Crippen LogP) is 0.963. The fourth-order valence-electron chi connectivity index (χ4n) is 2.51. The molecule has 0 aliphatic heterocycles. The standard InChI is InChI=1S/C14H22N4O2/c1-2-10-7-9(8-13(16-10)18-15)14(20)17-11-5-3-4-6-12(11)19/h7-8,11-12,19H,2-6,15H2,1H3,(H,16,18)(H,17,20). The first-order valence-electron chi connectivity index (χ1n) is 7.10. The van der Waals surface area contributed by atoms with Crippen molar-refractivity contribution in [3.05, 3.63) is 23.4 Å². The predicted molar refractivity (Wildman–Crippen MR) is 77.2 cm³/mol. The number of aliphatic hydroxyl groups is 1. The first-order valence-corrected chi connectivity index (χ1v) is 7.10. The number of aliphatic hydroxyl groups excluding tert-OH is 1. The highest BCUT2D eigenvalue weighted by Crippen LogP contribution is 2.19. The number of anilines is 1. The van der Waals surface area contributed by atoms with Crippen LogP contribution in [0.1, 0.15) is 48.7 Å². The Morgan fingerprint density at radius 2 is 2.20 bits per heavy atom. The quantitative estimate of drug-likeness (QED) is 0.485. The van der Waals surface area contributed by atoms with Crippen LogP contribution in [0.15, 0.2) is 12.1 Å². The van der Waals surface area contributed by atoms with Gasteiger partial charge >= 0.3 is 0 Å². The maximum atomic E-state index is 12.3. The molecule has 0 bridgehead atoms. The van der Waals surface area contributed by atoms with E-state index in [1.807, 2.05) is 6.92 Å². The zero-order valence-electron chi connectivity index (χ0n) is 11.7. The Hall–Kier alpha value is -1.66. The minimum Gasteiger partial charge on any atom is -0.391 e. The van der Waals surface area contributed by atoms with E-state index >= 15 is 0 Å². The molecule has 6 nitrogen and oxygen atoms in total. The Morgan fingerprint density at radius 3 is 2.85 bits per heavy atom. The van der Waals surface area contributed by atoms with E-state index in [4.69, 9.17) is 5.84 Å². The molecular weight excluding hydrogens is 256 g/mol. The summed E-state index contributed by atoms with van der Waals surface area (Å²) in [5, 5.41) is 12.8. The van der Waals surface area contributed by atoms with E-state index in [0.29, 0.717) is 11.4 Å². The molecule has 0 radical (unpaired) electrons. The van der Waals surface area contributed by atoms with Gasteiger partial charge in [-0.2, -0.15) is 0 Å². The molecule has 1 fully saturated rings. The number of carbonyl (C=O) groups excluding carboxylic acids is 1. The molecule has 1 aliphatic carbocycles. The summed E-state index contributed by atoms with van der Waals surface area (Å²) < 4.78 is 0. The number of nitrogens with zero attached hydrogens (tertiary/aromatic N) is 1. The van der Waals surface area contributed by atoms with Gasteiger partial charge < -0.3 is 15.8 Å². The van der Waals surface area contributed by atoms with E-state index in [0.717, 1.165) is 37.8 Å². The number of aromatic nitrogens is 1. The Bertz CT molecular complexity index is 456. The van der Waals surface area contributed by atoms with Gasteiger partial charge in [-0.05, 0) is 31.4 Å². The Kier molecular flexibility index (Phi) is 4.92. The van der Waals surface area contributed by atoms with Crippen molar-refractivity contribution in [2.75, 3.05) is 5.43 Å². The van der Waals surface area contributed by atoms with Crippen LogP contribution in [0.25, 0.3) is 0 Å². The number of nitrogens with one attached hydrogen (secondary N) is 2. The SMILES string of the molecule is CCc1cc(C(=O)NC2CCCCC2O)cc(NN)n1. The van der Waals surface area contributed by atoms with E-state index in [1.165, 1.54) is 0 Å². The van der Waals surface area contributed by atoms with Gasteiger partial charge in [-0.3, -0.25) is 4.79 Å². The van der Waals surface area contributed by atoms with Crippen LogP contribution in [0.5, 0.6) is 0 Å². The summed E-state index contributed by atoms with van der Waals surface area (Å²) in [4.78, 5) is 16.5. The van der Waals surface area contributed by atoms with Crippen molar-refractivity contribution in [2.24, 2.45) is 5.84 Å². The molecular formula is C14H22N4O2. The first kappa shape index (κ1) is 14.7. The molecule has 1 heterocycles. The summed E-state index contributed by atoms with van der Waals surface area (Å²) in [7, 11) is 0. The van der Waals surface area contributed by atoms with Crippen molar-refractivity contribution < 1.29 is 9.90 Å². The molecule has 1 aromatic rings. The van der Waals surface area contributed by atoms with Crippen molar-refractivity contribution in [3.8, 4) is 0 Å². The number of hydrazine groups is 1. The zero-order valence-corrected chi connectivity index (χ0v) is 11.7. The lowest BCUT2D eigenvalue weighted by molar-refractivity contribution is 0.0717. The largest absolute Gasteiger partial charge is 0.391 e. The highest BCUT2D eigenvalue weighted by Gasteiger charge is 2.25. The van der Waals surface area contributed by atoms with Gasteiger partial charge in [-0.1, -0.05) is 19.8 Å². The minimum absolute atomic E-state index is 0.163. The zero-order chi connectivity index (χ0) is 14.5. The molecule has 1 saturated carbocycles. The molecule has 2 atom stereocenters.